The minimum atomic E-state index is 0.220. The summed E-state index contributed by atoms with van der Waals surface area (Å²) in [6.45, 7) is 4.82. The molecular weight excluding hydrogens is 272 g/mol. The van der Waals surface area contributed by atoms with E-state index in [1.165, 1.54) is 37.7 Å². The summed E-state index contributed by atoms with van der Waals surface area (Å²) in [5.41, 5.74) is 2.45. The summed E-state index contributed by atoms with van der Waals surface area (Å²) >= 11 is 0. The van der Waals surface area contributed by atoms with E-state index >= 15 is 0 Å². The Morgan fingerprint density at radius 2 is 2.09 bits per heavy atom. The molecule has 4 unspecified atom stereocenters. The predicted molar refractivity (Wildman–Crippen MR) is 87.1 cm³/mol. The molecule has 0 radical (unpaired) electrons. The van der Waals surface area contributed by atoms with Crippen molar-refractivity contribution < 1.29 is 9.90 Å². The van der Waals surface area contributed by atoms with Gasteiger partial charge in [-0.25, -0.2) is 0 Å². The molecule has 2 nitrogen and oxygen atoms in total. The van der Waals surface area contributed by atoms with E-state index in [0.29, 0.717) is 29.6 Å². The Morgan fingerprint density at radius 3 is 2.86 bits per heavy atom. The van der Waals surface area contributed by atoms with Gasteiger partial charge in [0.05, 0.1) is 0 Å². The standard InChI is InChI=1S/C20H26O2/c1-3-12-4-7-18-16-11-19(22)17-10-13(21)5-6-14(17)15(16)8-9-20(12,18)2/h5-6,10,12,15-16,18,21H,3-4,7-9,11H2,1-2H3/t12?,15?,16?,18?,20-/m1/s1. The maximum absolute atomic E-state index is 12.6. The number of aromatic hydroxyl groups is 1. The molecule has 3 aliphatic carbocycles. The third-order valence-electron chi connectivity index (χ3n) is 7.28. The fraction of sp³-hybridized carbons (Fsp3) is 0.650. The monoisotopic (exact) mass is 298 g/mol. The molecule has 1 N–H and O–H groups in total. The van der Waals surface area contributed by atoms with Crippen LogP contribution in [0.3, 0.4) is 0 Å². The van der Waals surface area contributed by atoms with Gasteiger partial charge in [-0.15, -0.1) is 0 Å². The zero-order valence-corrected chi connectivity index (χ0v) is 13.6. The van der Waals surface area contributed by atoms with Gasteiger partial charge in [-0.2, -0.15) is 0 Å². The average molecular weight is 298 g/mol. The first kappa shape index (κ1) is 14.3. The second-order valence-electron chi connectivity index (χ2n) is 8.00. The highest BCUT2D eigenvalue weighted by atomic mass is 16.3. The second-order valence-corrected chi connectivity index (χ2v) is 8.00. The number of hydrogen-bond acceptors (Lipinski definition) is 2. The van der Waals surface area contributed by atoms with Crippen LogP contribution in [0.4, 0.5) is 0 Å². The van der Waals surface area contributed by atoms with Gasteiger partial charge in [0.2, 0.25) is 0 Å². The van der Waals surface area contributed by atoms with Gasteiger partial charge in [-0.05, 0) is 72.5 Å². The normalized spacial score (nSPS) is 40.0. The summed E-state index contributed by atoms with van der Waals surface area (Å²) in [6, 6.07) is 5.45. The zero-order chi connectivity index (χ0) is 15.5. The summed E-state index contributed by atoms with van der Waals surface area (Å²) in [4.78, 5) is 12.6. The lowest BCUT2D eigenvalue weighted by Crippen LogP contribution is -2.43. The van der Waals surface area contributed by atoms with Gasteiger partial charge in [-0.1, -0.05) is 26.3 Å². The van der Waals surface area contributed by atoms with Crippen LogP contribution < -0.4 is 0 Å². The van der Waals surface area contributed by atoms with Crippen molar-refractivity contribution >= 4 is 5.78 Å². The van der Waals surface area contributed by atoms with Crippen molar-refractivity contribution in [3.05, 3.63) is 29.3 Å². The molecule has 118 valence electrons. The number of carbonyl (C=O) groups is 1. The van der Waals surface area contributed by atoms with Crippen molar-refractivity contribution in [1.29, 1.82) is 0 Å². The van der Waals surface area contributed by atoms with Crippen LogP contribution in [0.1, 0.15) is 74.2 Å². The van der Waals surface area contributed by atoms with Crippen molar-refractivity contribution in [3.63, 3.8) is 0 Å². The molecule has 0 amide bonds. The number of hydrogen-bond donors (Lipinski definition) is 1. The minimum Gasteiger partial charge on any atom is -0.508 e. The van der Waals surface area contributed by atoms with Crippen molar-refractivity contribution in [1.82, 2.24) is 0 Å². The molecule has 0 aromatic heterocycles. The SMILES string of the molecule is CCC1CCC2C3CC(=O)c4cc(O)ccc4C3CC[C@]12C. The molecule has 4 rings (SSSR count). The Labute approximate surface area is 132 Å². The molecule has 1 aromatic rings. The van der Waals surface area contributed by atoms with E-state index in [-0.39, 0.29) is 11.5 Å². The molecule has 22 heavy (non-hydrogen) atoms. The zero-order valence-electron chi connectivity index (χ0n) is 13.6. The summed E-state index contributed by atoms with van der Waals surface area (Å²) in [5.74, 6) is 3.08. The number of phenolic OH excluding ortho intramolecular Hbond substituents is 1. The quantitative estimate of drug-likeness (QED) is 0.799. The number of benzene rings is 1. The molecule has 0 bridgehead atoms. The molecule has 0 saturated heterocycles. The third-order valence-corrected chi connectivity index (χ3v) is 7.28. The first-order valence-electron chi connectivity index (χ1n) is 8.90. The number of rotatable bonds is 1. The first-order chi connectivity index (χ1) is 10.5. The molecule has 2 fully saturated rings. The number of carbonyl (C=O) groups excluding carboxylic acids is 1. The number of phenols is 1. The number of fused-ring (bicyclic) bond motifs is 5. The third kappa shape index (κ3) is 1.82. The van der Waals surface area contributed by atoms with Crippen LogP contribution in [0.15, 0.2) is 18.2 Å². The maximum atomic E-state index is 12.6. The van der Waals surface area contributed by atoms with Gasteiger partial charge < -0.3 is 5.11 Å². The summed E-state index contributed by atoms with van der Waals surface area (Å²) in [5, 5.41) is 9.71. The van der Waals surface area contributed by atoms with Crippen LogP contribution in [0.2, 0.25) is 0 Å². The minimum absolute atomic E-state index is 0.220. The smallest absolute Gasteiger partial charge is 0.163 e. The van der Waals surface area contributed by atoms with E-state index in [1.807, 2.05) is 6.07 Å². The van der Waals surface area contributed by atoms with Crippen LogP contribution in [0.5, 0.6) is 5.75 Å². The molecule has 0 heterocycles. The van der Waals surface area contributed by atoms with E-state index in [9.17, 15) is 9.90 Å². The van der Waals surface area contributed by atoms with Crippen molar-refractivity contribution in [2.45, 2.75) is 58.3 Å². The molecule has 2 heteroatoms. The van der Waals surface area contributed by atoms with Gasteiger partial charge in [0.1, 0.15) is 5.75 Å². The first-order valence-corrected chi connectivity index (χ1v) is 8.90. The Hall–Kier alpha value is -1.31. The molecule has 0 aliphatic heterocycles. The fourth-order valence-electron chi connectivity index (χ4n) is 6.17. The summed E-state index contributed by atoms with van der Waals surface area (Å²) in [6.07, 6.45) is 7.13. The van der Waals surface area contributed by atoms with Gasteiger partial charge in [0, 0.05) is 12.0 Å². The average Bonchev–Trinajstić information content (AvgIpc) is 2.84. The topological polar surface area (TPSA) is 37.3 Å². The molecule has 3 aliphatic rings. The Morgan fingerprint density at radius 1 is 1.27 bits per heavy atom. The van der Waals surface area contributed by atoms with E-state index in [2.05, 4.69) is 13.8 Å². The lowest BCUT2D eigenvalue weighted by Gasteiger charge is -2.50. The van der Waals surface area contributed by atoms with E-state index < -0.39 is 0 Å². The van der Waals surface area contributed by atoms with Crippen LogP contribution in [-0.2, 0) is 0 Å². The predicted octanol–water partition coefficient (Wildman–Crippen LogP) is 4.91. The second kappa shape index (κ2) is 4.84. The Bertz CT molecular complexity index is 620. The van der Waals surface area contributed by atoms with E-state index in [4.69, 9.17) is 0 Å². The van der Waals surface area contributed by atoms with Crippen LogP contribution in [0, 0.1) is 23.2 Å². The van der Waals surface area contributed by atoms with Crippen molar-refractivity contribution in [2.75, 3.05) is 0 Å². The molecule has 1 aromatic carbocycles. The summed E-state index contributed by atoms with van der Waals surface area (Å²) in [7, 11) is 0. The number of Topliss-reactive ketones (excluding diaryl/α,β-unsaturated/α-hetero) is 1. The van der Waals surface area contributed by atoms with E-state index in [0.717, 1.165) is 11.5 Å². The van der Waals surface area contributed by atoms with Crippen molar-refractivity contribution in [3.8, 4) is 5.75 Å². The van der Waals surface area contributed by atoms with Crippen LogP contribution >= 0.6 is 0 Å². The molecule has 5 atom stereocenters. The van der Waals surface area contributed by atoms with Gasteiger partial charge in [0.15, 0.2) is 5.78 Å². The van der Waals surface area contributed by atoms with Gasteiger partial charge in [-0.3, -0.25) is 4.79 Å². The molecule has 2 saturated carbocycles. The van der Waals surface area contributed by atoms with Crippen LogP contribution in [-0.4, -0.2) is 10.9 Å². The fourth-order valence-corrected chi connectivity index (χ4v) is 6.17. The van der Waals surface area contributed by atoms with Crippen LogP contribution in [0.25, 0.3) is 0 Å². The maximum Gasteiger partial charge on any atom is 0.163 e. The lowest BCUT2D eigenvalue weighted by atomic mass is 9.54. The highest BCUT2D eigenvalue weighted by Crippen LogP contribution is 2.63. The Kier molecular flexibility index (Phi) is 3.15. The largest absolute Gasteiger partial charge is 0.508 e. The highest BCUT2D eigenvalue weighted by Gasteiger charge is 2.54. The highest BCUT2D eigenvalue weighted by molar-refractivity contribution is 5.99. The van der Waals surface area contributed by atoms with E-state index in [1.54, 1.807) is 12.1 Å². The van der Waals surface area contributed by atoms with Gasteiger partial charge in [0.25, 0.3) is 0 Å². The number of ketones is 1. The van der Waals surface area contributed by atoms with Crippen molar-refractivity contribution in [2.24, 2.45) is 23.2 Å². The molecular formula is C20H26O2. The Balaban J connectivity index is 1.74. The van der Waals surface area contributed by atoms with Gasteiger partial charge >= 0.3 is 0 Å². The molecule has 0 spiro atoms. The summed E-state index contributed by atoms with van der Waals surface area (Å²) < 4.78 is 0. The lowest BCUT2D eigenvalue weighted by molar-refractivity contribution is 0.0270.